The average molecular weight is 279 g/mol. The average Bonchev–Trinajstić information content (AvgIpc) is 2.34. The molecular weight excluding hydrogens is 267 g/mol. The number of thioether (sulfide) groups is 1. The number of hydrogen-bond donors (Lipinski definition) is 1. The third-order valence-corrected chi connectivity index (χ3v) is 3.31. The summed E-state index contributed by atoms with van der Waals surface area (Å²) in [7, 11) is 1.21. The first-order valence-electron chi connectivity index (χ1n) is 5.00. The van der Waals surface area contributed by atoms with Crippen LogP contribution in [0.3, 0.4) is 0 Å². The van der Waals surface area contributed by atoms with Gasteiger partial charge in [-0.05, 0) is 18.2 Å². The van der Waals surface area contributed by atoms with Crippen LogP contribution in [0.1, 0.15) is 5.56 Å². The van der Waals surface area contributed by atoms with Gasteiger partial charge in [-0.3, -0.25) is 4.79 Å². The summed E-state index contributed by atoms with van der Waals surface area (Å²) in [4.78, 5) is 11.6. The molecule has 0 spiro atoms. The number of nitrogens with two attached hydrogens (primary N) is 1. The van der Waals surface area contributed by atoms with E-state index in [1.54, 1.807) is 0 Å². The molecule has 0 aliphatic heterocycles. The van der Waals surface area contributed by atoms with Crippen LogP contribution in [-0.4, -0.2) is 24.9 Å². The zero-order valence-corrected chi connectivity index (χ0v) is 10.3. The van der Waals surface area contributed by atoms with Crippen molar-refractivity contribution in [1.29, 1.82) is 0 Å². The first-order chi connectivity index (χ1) is 8.38. The van der Waals surface area contributed by atoms with Crippen molar-refractivity contribution in [3.63, 3.8) is 0 Å². The lowest BCUT2D eigenvalue weighted by molar-refractivity contribution is -0.139. The minimum Gasteiger partial charge on any atom is -0.468 e. The van der Waals surface area contributed by atoms with Crippen LogP contribution >= 0.6 is 11.8 Å². The normalized spacial score (nSPS) is 13.2. The third kappa shape index (κ3) is 3.92. The first kappa shape index (κ1) is 14.8. The Morgan fingerprint density at radius 2 is 2.17 bits per heavy atom. The Balaban J connectivity index is 2.88. The number of carbonyl (C=O) groups excluding carboxylic acids is 1. The van der Waals surface area contributed by atoms with Gasteiger partial charge in [0, 0.05) is 11.4 Å². The molecule has 0 saturated carbocycles. The van der Waals surface area contributed by atoms with E-state index in [1.165, 1.54) is 19.2 Å². The smallest absolute Gasteiger partial charge is 0.416 e. The van der Waals surface area contributed by atoms with Gasteiger partial charge in [-0.1, -0.05) is 6.07 Å². The second kappa shape index (κ2) is 6.10. The van der Waals surface area contributed by atoms with E-state index in [0.717, 1.165) is 23.9 Å². The molecule has 100 valence electrons. The highest BCUT2D eigenvalue weighted by Gasteiger charge is 2.30. The topological polar surface area (TPSA) is 52.3 Å². The summed E-state index contributed by atoms with van der Waals surface area (Å²) in [6, 6.07) is 4.73. The molecule has 0 amide bonds. The van der Waals surface area contributed by atoms with Gasteiger partial charge < -0.3 is 10.5 Å². The number of esters is 1. The van der Waals surface area contributed by atoms with E-state index in [1.807, 2.05) is 0 Å². The number of alkyl halides is 3. The minimum absolute atomic E-state index is 0.00636. The highest BCUT2D eigenvalue weighted by atomic mass is 32.2. The van der Waals surface area contributed by atoms with Crippen molar-refractivity contribution in [2.24, 2.45) is 5.73 Å². The van der Waals surface area contributed by atoms with E-state index >= 15 is 0 Å². The van der Waals surface area contributed by atoms with Crippen LogP contribution in [0.25, 0.3) is 0 Å². The Labute approximate surface area is 106 Å². The molecule has 0 aliphatic carbocycles. The fraction of sp³-hybridized carbons (Fsp3) is 0.364. The van der Waals surface area contributed by atoms with Gasteiger partial charge in [-0.25, -0.2) is 0 Å². The lowest BCUT2D eigenvalue weighted by Crippen LogP contribution is -2.27. The molecule has 0 heterocycles. The number of ether oxygens (including phenoxy) is 1. The maximum absolute atomic E-state index is 12.5. The van der Waals surface area contributed by atoms with E-state index in [-0.39, 0.29) is 6.54 Å². The van der Waals surface area contributed by atoms with E-state index in [2.05, 4.69) is 4.74 Å². The molecule has 0 radical (unpaired) electrons. The highest BCUT2D eigenvalue weighted by molar-refractivity contribution is 8.00. The summed E-state index contributed by atoms with van der Waals surface area (Å²) in [5.41, 5.74) is 4.62. The molecule has 1 aromatic rings. The minimum atomic E-state index is -4.40. The molecule has 7 heteroatoms. The number of rotatable bonds is 4. The van der Waals surface area contributed by atoms with Gasteiger partial charge in [0.05, 0.1) is 12.7 Å². The van der Waals surface area contributed by atoms with Crippen LogP contribution in [0, 0.1) is 0 Å². The van der Waals surface area contributed by atoms with Crippen molar-refractivity contribution < 1.29 is 22.7 Å². The number of carbonyl (C=O) groups is 1. The Morgan fingerprint density at radius 3 is 2.67 bits per heavy atom. The van der Waals surface area contributed by atoms with Gasteiger partial charge in [-0.15, -0.1) is 11.8 Å². The molecule has 2 N–H and O–H groups in total. The molecule has 0 saturated heterocycles. The predicted octanol–water partition coefficient (Wildman–Crippen LogP) is 2.30. The zero-order chi connectivity index (χ0) is 13.8. The lowest BCUT2D eigenvalue weighted by atomic mass is 10.2. The second-order valence-corrected chi connectivity index (χ2v) is 4.67. The molecule has 1 rings (SSSR count). The number of hydrogen-bond acceptors (Lipinski definition) is 4. The molecule has 0 aromatic heterocycles. The van der Waals surface area contributed by atoms with Crippen LogP contribution in [-0.2, 0) is 15.7 Å². The van der Waals surface area contributed by atoms with Crippen molar-refractivity contribution in [3.05, 3.63) is 29.8 Å². The zero-order valence-electron chi connectivity index (χ0n) is 9.53. The van der Waals surface area contributed by atoms with Gasteiger partial charge in [-0.2, -0.15) is 13.2 Å². The van der Waals surface area contributed by atoms with Crippen LogP contribution in [0.2, 0.25) is 0 Å². The molecular formula is C11H12F3NO2S. The van der Waals surface area contributed by atoms with E-state index in [0.29, 0.717) is 4.90 Å². The summed E-state index contributed by atoms with van der Waals surface area (Å²) in [6.07, 6.45) is -4.40. The summed E-state index contributed by atoms with van der Waals surface area (Å²) in [6.45, 7) is -0.00636. The van der Waals surface area contributed by atoms with E-state index in [4.69, 9.17) is 5.73 Å². The van der Waals surface area contributed by atoms with Crippen molar-refractivity contribution >= 4 is 17.7 Å². The maximum Gasteiger partial charge on any atom is 0.416 e. The SMILES string of the molecule is COC(=O)C(CN)Sc1cccc(C(F)(F)F)c1. The van der Waals surface area contributed by atoms with Crippen molar-refractivity contribution in [2.45, 2.75) is 16.3 Å². The quantitative estimate of drug-likeness (QED) is 0.678. The maximum atomic E-state index is 12.5. The van der Waals surface area contributed by atoms with Gasteiger partial charge >= 0.3 is 12.1 Å². The predicted molar refractivity (Wildman–Crippen MR) is 62.2 cm³/mol. The van der Waals surface area contributed by atoms with E-state index in [9.17, 15) is 18.0 Å². The molecule has 0 aliphatic rings. The molecule has 0 bridgehead atoms. The standard InChI is InChI=1S/C11H12F3NO2S/c1-17-10(16)9(6-15)18-8-4-2-3-7(5-8)11(12,13)14/h2-5,9H,6,15H2,1H3. The van der Waals surface area contributed by atoms with Crippen molar-refractivity contribution in [3.8, 4) is 0 Å². The Morgan fingerprint density at radius 1 is 1.50 bits per heavy atom. The molecule has 1 aromatic carbocycles. The monoisotopic (exact) mass is 279 g/mol. The van der Waals surface area contributed by atoms with Crippen LogP contribution in [0.4, 0.5) is 13.2 Å². The molecule has 18 heavy (non-hydrogen) atoms. The fourth-order valence-corrected chi connectivity index (χ4v) is 2.20. The van der Waals surface area contributed by atoms with Gasteiger partial charge in [0.1, 0.15) is 5.25 Å². The largest absolute Gasteiger partial charge is 0.468 e. The lowest BCUT2D eigenvalue weighted by Gasteiger charge is -2.13. The molecule has 3 nitrogen and oxygen atoms in total. The third-order valence-electron chi connectivity index (χ3n) is 2.12. The van der Waals surface area contributed by atoms with Gasteiger partial charge in [0.2, 0.25) is 0 Å². The van der Waals surface area contributed by atoms with Crippen molar-refractivity contribution in [1.82, 2.24) is 0 Å². The van der Waals surface area contributed by atoms with E-state index < -0.39 is 23.0 Å². The van der Waals surface area contributed by atoms with Crippen LogP contribution in [0.5, 0.6) is 0 Å². The summed E-state index contributed by atoms with van der Waals surface area (Å²) in [5.74, 6) is -0.556. The number of benzene rings is 1. The highest BCUT2D eigenvalue weighted by Crippen LogP contribution is 2.33. The first-order valence-corrected chi connectivity index (χ1v) is 5.88. The Bertz CT molecular complexity index is 423. The molecule has 0 fully saturated rings. The van der Waals surface area contributed by atoms with Crippen LogP contribution in [0.15, 0.2) is 29.2 Å². The van der Waals surface area contributed by atoms with Crippen LogP contribution < -0.4 is 5.73 Å². The van der Waals surface area contributed by atoms with Gasteiger partial charge in [0.15, 0.2) is 0 Å². The Kier molecular flexibility index (Phi) is 5.03. The van der Waals surface area contributed by atoms with Gasteiger partial charge in [0.25, 0.3) is 0 Å². The Hall–Kier alpha value is -1.21. The summed E-state index contributed by atoms with van der Waals surface area (Å²) < 4.78 is 42.0. The number of halogens is 3. The fourth-order valence-electron chi connectivity index (χ4n) is 1.23. The number of methoxy groups -OCH3 is 1. The second-order valence-electron chi connectivity index (χ2n) is 3.39. The molecule has 1 unspecified atom stereocenters. The molecule has 1 atom stereocenters. The summed E-state index contributed by atoms with van der Waals surface area (Å²) >= 11 is 0.952. The summed E-state index contributed by atoms with van der Waals surface area (Å²) in [5, 5.41) is -0.710. The van der Waals surface area contributed by atoms with Crippen molar-refractivity contribution in [2.75, 3.05) is 13.7 Å².